The summed E-state index contributed by atoms with van der Waals surface area (Å²) in [6.07, 6.45) is 8.06. The molecule has 0 bridgehead atoms. The Labute approximate surface area is 114 Å². The molecule has 0 spiro atoms. The maximum Gasteiger partial charge on any atom is 0.206 e. The Morgan fingerprint density at radius 3 is 2.63 bits per heavy atom. The number of hydrogen-bond donors (Lipinski definition) is 2. The van der Waals surface area contributed by atoms with Crippen LogP contribution in [0.5, 0.6) is 0 Å². The first-order valence-corrected chi connectivity index (χ1v) is 7.24. The highest BCUT2D eigenvalue weighted by Gasteiger charge is 2.33. The summed E-state index contributed by atoms with van der Waals surface area (Å²) >= 11 is 0. The molecule has 1 aromatic rings. The fourth-order valence-electron chi connectivity index (χ4n) is 2.53. The fraction of sp³-hybridized carbons (Fsp3) is 0.562. The lowest BCUT2D eigenvalue weighted by Gasteiger charge is -2.28. The summed E-state index contributed by atoms with van der Waals surface area (Å²) in [6.45, 7) is 2.19. The molecule has 19 heavy (non-hydrogen) atoms. The number of hydrogen-bond acceptors (Lipinski definition) is 3. The van der Waals surface area contributed by atoms with Crippen LogP contribution in [0.2, 0.25) is 0 Å². The lowest BCUT2D eigenvalue weighted by Crippen LogP contribution is -2.47. The Balaban J connectivity index is 2.03. The van der Waals surface area contributed by atoms with Crippen molar-refractivity contribution in [2.24, 2.45) is 4.99 Å². The summed E-state index contributed by atoms with van der Waals surface area (Å²) < 4.78 is 0. The summed E-state index contributed by atoms with van der Waals surface area (Å²) in [6, 6.07) is 7.15. The van der Waals surface area contributed by atoms with E-state index in [1.54, 1.807) is 0 Å². The van der Waals surface area contributed by atoms with Crippen molar-refractivity contribution in [3.05, 3.63) is 34.8 Å². The average Bonchev–Trinajstić information content (AvgIpc) is 2.38. The summed E-state index contributed by atoms with van der Waals surface area (Å²) in [4.78, 5) is 4.48. The van der Waals surface area contributed by atoms with Gasteiger partial charge in [0, 0.05) is 5.22 Å². The van der Waals surface area contributed by atoms with Gasteiger partial charge in [0.25, 0.3) is 0 Å². The highest BCUT2D eigenvalue weighted by molar-refractivity contribution is 5.35. The molecule has 2 rings (SSSR count). The first-order valence-electron chi connectivity index (χ1n) is 7.24. The molecule has 0 saturated carbocycles. The van der Waals surface area contributed by atoms with Crippen molar-refractivity contribution in [3.63, 3.8) is 0 Å². The van der Waals surface area contributed by atoms with E-state index >= 15 is 0 Å². The molecule has 0 fully saturated rings. The molecule has 0 amide bonds. The van der Waals surface area contributed by atoms with Gasteiger partial charge in [0.15, 0.2) is 0 Å². The molecule has 2 N–H and O–H groups in total. The first kappa shape index (κ1) is 14.2. The van der Waals surface area contributed by atoms with Gasteiger partial charge in [-0.3, -0.25) is 4.99 Å². The quantitative estimate of drug-likeness (QED) is 0.602. The summed E-state index contributed by atoms with van der Waals surface area (Å²) in [5.41, 5.74) is 0. The van der Waals surface area contributed by atoms with Crippen LogP contribution in [0.1, 0.15) is 45.4 Å². The van der Waals surface area contributed by atoms with E-state index in [1.807, 2.05) is 24.3 Å². The van der Waals surface area contributed by atoms with Gasteiger partial charge in [-0.25, -0.2) is 0 Å². The minimum atomic E-state index is -1.81. The second-order valence-corrected chi connectivity index (χ2v) is 5.33. The largest absolute Gasteiger partial charge is 0.361 e. The van der Waals surface area contributed by atoms with Gasteiger partial charge >= 0.3 is 0 Å². The maximum atomic E-state index is 10.1. The fourth-order valence-corrected chi connectivity index (χ4v) is 2.53. The maximum absolute atomic E-state index is 10.1. The van der Waals surface area contributed by atoms with Crippen molar-refractivity contribution >= 4 is 6.08 Å². The molecular formula is C16H23NO2. The molecule has 3 nitrogen and oxygen atoms in total. The van der Waals surface area contributed by atoms with Crippen molar-refractivity contribution in [2.75, 3.05) is 0 Å². The number of fused-ring (bicyclic) bond motifs is 1. The van der Waals surface area contributed by atoms with Gasteiger partial charge in [0.2, 0.25) is 5.79 Å². The molecule has 0 radical (unpaired) electrons. The zero-order chi connectivity index (χ0) is 13.7. The molecule has 0 aliphatic carbocycles. The van der Waals surface area contributed by atoms with Crippen LogP contribution >= 0.6 is 0 Å². The number of rotatable bonds is 6. The minimum Gasteiger partial charge on any atom is -0.361 e. The molecule has 0 aromatic heterocycles. The molecule has 1 unspecified atom stereocenters. The molecule has 1 atom stereocenters. The van der Waals surface area contributed by atoms with Crippen LogP contribution in [-0.2, 0) is 0 Å². The van der Waals surface area contributed by atoms with Crippen LogP contribution in [-0.4, -0.2) is 22.0 Å². The van der Waals surface area contributed by atoms with Gasteiger partial charge in [-0.2, -0.15) is 0 Å². The van der Waals surface area contributed by atoms with Crippen LogP contribution in [0.3, 0.4) is 0 Å². The standard InChI is InChI=1S/C16H23NO2/c1-2-3-4-5-6-11-15-16(18,19)12-13-9-7-8-10-14(13)17-15/h7-10,12,15,18-19H,2-6,11H2,1H3. The molecular weight excluding hydrogens is 238 g/mol. The van der Waals surface area contributed by atoms with Gasteiger partial charge < -0.3 is 10.2 Å². The third kappa shape index (κ3) is 3.64. The van der Waals surface area contributed by atoms with E-state index in [0.29, 0.717) is 0 Å². The van der Waals surface area contributed by atoms with Crippen LogP contribution in [0.15, 0.2) is 29.3 Å². The third-order valence-corrected chi connectivity index (χ3v) is 3.67. The summed E-state index contributed by atoms with van der Waals surface area (Å²) in [5.74, 6) is -1.81. The van der Waals surface area contributed by atoms with Gasteiger partial charge in [0.05, 0.1) is 5.36 Å². The van der Waals surface area contributed by atoms with Gasteiger partial charge in [-0.05, 0) is 18.6 Å². The lowest BCUT2D eigenvalue weighted by molar-refractivity contribution is -0.123. The van der Waals surface area contributed by atoms with Crippen LogP contribution < -0.4 is 10.6 Å². The number of para-hydroxylation sites is 1. The highest BCUT2D eigenvalue weighted by Crippen LogP contribution is 2.20. The molecule has 1 aliphatic rings. The molecule has 1 aliphatic heterocycles. The minimum absolute atomic E-state index is 0.441. The van der Waals surface area contributed by atoms with Crippen molar-refractivity contribution in [1.82, 2.24) is 0 Å². The van der Waals surface area contributed by atoms with E-state index in [9.17, 15) is 10.2 Å². The van der Waals surface area contributed by atoms with Gasteiger partial charge in [-0.15, -0.1) is 0 Å². The summed E-state index contributed by atoms with van der Waals surface area (Å²) in [5, 5.41) is 21.8. The predicted octanol–water partition coefficient (Wildman–Crippen LogP) is 1.51. The third-order valence-electron chi connectivity index (χ3n) is 3.67. The Morgan fingerprint density at radius 2 is 1.84 bits per heavy atom. The van der Waals surface area contributed by atoms with E-state index in [-0.39, 0.29) is 0 Å². The van der Waals surface area contributed by atoms with Crippen molar-refractivity contribution in [2.45, 2.75) is 57.3 Å². The van der Waals surface area contributed by atoms with E-state index in [0.717, 1.165) is 29.8 Å². The lowest BCUT2D eigenvalue weighted by atomic mass is 9.96. The Morgan fingerprint density at radius 1 is 1.11 bits per heavy atom. The second kappa shape index (κ2) is 6.31. The number of aliphatic hydroxyl groups is 2. The highest BCUT2D eigenvalue weighted by atomic mass is 16.5. The van der Waals surface area contributed by atoms with E-state index in [1.165, 1.54) is 25.3 Å². The predicted molar refractivity (Wildman–Crippen MR) is 76.0 cm³/mol. The van der Waals surface area contributed by atoms with Crippen molar-refractivity contribution in [3.8, 4) is 0 Å². The van der Waals surface area contributed by atoms with Crippen LogP contribution in [0.4, 0.5) is 0 Å². The van der Waals surface area contributed by atoms with Crippen LogP contribution in [0, 0.1) is 0 Å². The van der Waals surface area contributed by atoms with Gasteiger partial charge in [0.1, 0.15) is 6.04 Å². The van der Waals surface area contributed by atoms with E-state index in [4.69, 9.17) is 0 Å². The second-order valence-electron chi connectivity index (χ2n) is 5.33. The number of nitrogens with zero attached hydrogens (tertiary/aromatic N) is 1. The SMILES string of the molecule is CCCCCCCC1N=c2ccccc2=CC1(O)O. The zero-order valence-corrected chi connectivity index (χ0v) is 11.5. The smallest absolute Gasteiger partial charge is 0.206 e. The molecule has 1 aromatic carbocycles. The Bertz CT molecular complexity index is 522. The van der Waals surface area contributed by atoms with E-state index in [2.05, 4.69) is 11.9 Å². The van der Waals surface area contributed by atoms with Crippen molar-refractivity contribution in [1.29, 1.82) is 0 Å². The zero-order valence-electron chi connectivity index (χ0n) is 11.5. The van der Waals surface area contributed by atoms with Crippen molar-refractivity contribution < 1.29 is 10.2 Å². The van der Waals surface area contributed by atoms with Crippen LogP contribution in [0.25, 0.3) is 6.08 Å². The molecule has 0 saturated heterocycles. The monoisotopic (exact) mass is 261 g/mol. The van der Waals surface area contributed by atoms with Gasteiger partial charge in [-0.1, -0.05) is 57.2 Å². The molecule has 104 valence electrons. The topological polar surface area (TPSA) is 52.8 Å². The Hall–Kier alpha value is -1.19. The summed E-state index contributed by atoms with van der Waals surface area (Å²) in [7, 11) is 0. The normalized spacial score (nSPS) is 20.3. The number of unbranched alkanes of at least 4 members (excludes halogenated alkanes) is 4. The van der Waals surface area contributed by atoms with E-state index < -0.39 is 11.8 Å². The average molecular weight is 261 g/mol. The molecule has 3 heteroatoms. The molecule has 1 heterocycles. The first-order chi connectivity index (χ1) is 9.13. The number of benzene rings is 1. The Kier molecular flexibility index (Phi) is 4.72.